The third-order valence-electron chi connectivity index (χ3n) is 5.03. The number of nitrogens with one attached hydrogen (secondary N) is 1. The fraction of sp³-hybridized carbons (Fsp3) is 0.526. The summed E-state index contributed by atoms with van der Waals surface area (Å²) in [5.74, 6) is 0.418. The Hall–Kier alpha value is -1.97. The van der Waals surface area contributed by atoms with Crippen LogP contribution in [0.4, 0.5) is 4.39 Å². The second kappa shape index (κ2) is 9.02. The van der Waals surface area contributed by atoms with Crippen LogP contribution in [0.1, 0.15) is 37.6 Å². The van der Waals surface area contributed by atoms with Gasteiger partial charge in [0.15, 0.2) is 0 Å². The first-order valence-electron chi connectivity index (χ1n) is 9.61. The summed E-state index contributed by atoms with van der Waals surface area (Å²) in [4.78, 5) is 0. The average molecular weight is 411 g/mol. The molecule has 1 fully saturated rings. The lowest BCUT2D eigenvalue weighted by Crippen LogP contribution is -2.42. The molecular formula is C19H27FN4O3S. The highest BCUT2D eigenvalue weighted by molar-refractivity contribution is 7.86. The lowest BCUT2D eigenvalue weighted by molar-refractivity contribution is 0.320. The number of ether oxygens (including phenoxy) is 1. The van der Waals surface area contributed by atoms with E-state index in [0.29, 0.717) is 45.0 Å². The molecule has 28 heavy (non-hydrogen) atoms. The van der Waals surface area contributed by atoms with Crippen molar-refractivity contribution in [1.29, 1.82) is 0 Å². The summed E-state index contributed by atoms with van der Waals surface area (Å²) in [5, 5.41) is 7.38. The second-order valence-corrected chi connectivity index (χ2v) is 8.73. The molecule has 1 aliphatic rings. The highest BCUT2D eigenvalue weighted by Crippen LogP contribution is 2.29. The average Bonchev–Trinajstić information content (AvgIpc) is 3.34. The standard InChI is InChI=1S/C19H27FN4O3S/c1-3-23(4-2)28(25,26)24-11-9-15(14-24)19-13-17(21-22-19)10-12-27-18-7-5-16(20)6-8-18/h5-8,13,15H,3-4,9-12,14H2,1-2H3,(H,21,22)/t15-/m0/s1. The molecule has 154 valence electrons. The molecule has 1 saturated heterocycles. The molecule has 0 spiro atoms. The third-order valence-corrected chi connectivity index (χ3v) is 7.18. The van der Waals surface area contributed by atoms with E-state index in [0.717, 1.165) is 17.8 Å². The molecule has 1 N–H and O–H groups in total. The zero-order valence-electron chi connectivity index (χ0n) is 16.3. The molecule has 0 amide bonds. The summed E-state index contributed by atoms with van der Waals surface area (Å²) >= 11 is 0. The van der Waals surface area contributed by atoms with Gasteiger partial charge in [-0.2, -0.15) is 22.1 Å². The Balaban J connectivity index is 1.53. The Bertz CT molecular complexity index is 866. The summed E-state index contributed by atoms with van der Waals surface area (Å²) < 4.78 is 46.9. The maximum atomic E-state index is 12.9. The largest absolute Gasteiger partial charge is 0.493 e. The van der Waals surface area contributed by atoms with Crippen molar-refractivity contribution in [2.45, 2.75) is 32.6 Å². The quantitative estimate of drug-likeness (QED) is 0.689. The van der Waals surface area contributed by atoms with Crippen LogP contribution < -0.4 is 4.74 Å². The van der Waals surface area contributed by atoms with Crippen molar-refractivity contribution in [2.24, 2.45) is 0 Å². The van der Waals surface area contributed by atoms with Crippen molar-refractivity contribution in [3.63, 3.8) is 0 Å². The SMILES string of the molecule is CCN(CC)S(=O)(=O)N1CC[C@H](c2cc(CCOc3ccc(F)cc3)[nH]n2)C1. The van der Waals surface area contributed by atoms with Gasteiger partial charge < -0.3 is 4.74 Å². The predicted octanol–water partition coefficient (Wildman–Crippen LogP) is 2.55. The Morgan fingerprint density at radius 1 is 1.29 bits per heavy atom. The van der Waals surface area contributed by atoms with Gasteiger partial charge in [0.2, 0.25) is 0 Å². The van der Waals surface area contributed by atoms with Crippen molar-refractivity contribution in [3.8, 4) is 5.75 Å². The monoisotopic (exact) mass is 410 g/mol. The molecule has 1 aromatic heterocycles. The van der Waals surface area contributed by atoms with Crippen LogP contribution in [0.25, 0.3) is 0 Å². The Kier molecular flexibility index (Phi) is 6.69. The van der Waals surface area contributed by atoms with Gasteiger partial charge in [-0.1, -0.05) is 13.8 Å². The van der Waals surface area contributed by atoms with Crippen LogP contribution in [0, 0.1) is 5.82 Å². The Morgan fingerprint density at radius 3 is 2.68 bits per heavy atom. The van der Waals surface area contributed by atoms with Crippen LogP contribution >= 0.6 is 0 Å². The van der Waals surface area contributed by atoms with Crippen LogP contribution in [0.2, 0.25) is 0 Å². The second-order valence-electron chi connectivity index (χ2n) is 6.81. The van der Waals surface area contributed by atoms with Gasteiger partial charge in [-0.3, -0.25) is 5.10 Å². The van der Waals surface area contributed by atoms with Crippen molar-refractivity contribution < 1.29 is 17.5 Å². The summed E-state index contributed by atoms with van der Waals surface area (Å²) in [6, 6.07) is 7.89. The number of halogens is 1. The molecule has 0 radical (unpaired) electrons. The number of aromatic nitrogens is 2. The van der Waals surface area contributed by atoms with Gasteiger partial charge in [0.25, 0.3) is 10.2 Å². The van der Waals surface area contributed by atoms with Gasteiger partial charge in [0.1, 0.15) is 11.6 Å². The molecule has 2 aromatic rings. The number of nitrogens with zero attached hydrogens (tertiary/aromatic N) is 3. The molecule has 1 aromatic carbocycles. The van der Waals surface area contributed by atoms with Crippen molar-refractivity contribution in [3.05, 3.63) is 47.5 Å². The fourth-order valence-electron chi connectivity index (χ4n) is 3.42. The van der Waals surface area contributed by atoms with Crippen LogP contribution in [0.5, 0.6) is 5.75 Å². The van der Waals surface area contributed by atoms with Crippen molar-refractivity contribution in [2.75, 3.05) is 32.8 Å². The topological polar surface area (TPSA) is 78.5 Å². The first-order valence-corrected chi connectivity index (χ1v) is 11.0. The molecule has 7 nitrogen and oxygen atoms in total. The van der Waals surface area contributed by atoms with Crippen LogP contribution in [0.15, 0.2) is 30.3 Å². The molecule has 0 bridgehead atoms. The number of aromatic amines is 1. The predicted molar refractivity (Wildman–Crippen MR) is 105 cm³/mol. The Morgan fingerprint density at radius 2 is 2.00 bits per heavy atom. The van der Waals surface area contributed by atoms with Crippen LogP contribution in [-0.2, 0) is 16.6 Å². The van der Waals surface area contributed by atoms with E-state index in [2.05, 4.69) is 10.2 Å². The molecule has 1 atom stereocenters. The molecular weight excluding hydrogens is 383 g/mol. The van der Waals surface area contributed by atoms with E-state index in [4.69, 9.17) is 4.74 Å². The maximum absolute atomic E-state index is 12.9. The zero-order valence-corrected chi connectivity index (χ0v) is 17.1. The number of rotatable bonds is 9. The first kappa shape index (κ1) is 20.8. The van der Waals surface area contributed by atoms with Crippen molar-refractivity contribution >= 4 is 10.2 Å². The fourth-order valence-corrected chi connectivity index (χ4v) is 5.10. The number of benzene rings is 1. The van der Waals surface area contributed by atoms with Gasteiger partial charge in [-0.25, -0.2) is 4.39 Å². The maximum Gasteiger partial charge on any atom is 0.281 e. The van der Waals surface area contributed by atoms with Gasteiger partial charge in [-0.15, -0.1) is 0 Å². The van der Waals surface area contributed by atoms with Crippen LogP contribution in [0.3, 0.4) is 0 Å². The van der Waals surface area contributed by atoms with E-state index in [9.17, 15) is 12.8 Å². The van der Waals surface area contributed by atoms with E-state index in [-0.39, 0.29) is 11.7 Å². The molecule has 9 heteroatoms. The van der Waals surface area contributed by atoms with Crippen LogP contribution in [-0.4, -0.2) is 60.0 Å². The minimum atomic E-state index is -3.40. The van der Waals surface area contributed by atoms with E-state index in [1.807, 2.05) is 19.9 Å². The zero-order chi connectivity index (χ0) is 20.1. The minimum absolute atomic E-state index is 0.0911. The molecule has 0 saturated carbocycles. The lowest BCUT2D eigenvalue weighted by Gasteiger charge is -2.25. The molecule has 3 rings (SSSR count). The normalized spacial score (nSPS) is 18.1. The minimum Gasteiger partial charge on any atom is -0.493 e. The summed E-state index contributed by atoms with van der Waals surface area (Å²) in [6.07, 6.45) is 1.40. The third kappa shape index (κ3) is 4.71. The smallest absolute Gasteiger partial charge is 0.281 e. The highest BCUT2D eigenvalue weighted by Gasteiger charge is 2.35. The first-order chi connectivity index (χ1) is 13.4. The van der Waals surface area contributed by atoms with E-state index < -0.39 is 10.2 Å². The van der Waals surface area contributed by atoms with Gasteiger partial charge in [-0.05, 0) is 36.8 Å². The van der Waals surface area contributed by atoms with Gasteiger partial charge >= 0.3 is 0 Å². The molecule has 0 unspecified atom stereocenters. The van der Waals surface area contributed by atoms with E-state index in [1.54, 1.807) is 16.4 Å². The number of hydrogen-bond acceptors (Lipinski definition) is 4. The van der Waals surface area contributed by atoms with E-state index in [1.165, 1.54) is 16.4 Å². The molecule has 0 aliphatic carbocycles. The summed E-state index contributed by atoms with van der Waals surface area (Å²) in [6.45, 7) is 6.06. The van der Waals surface area contributed by atoms with Gasteiger partial charge in [0, 0.05) is 44.2 Å². The lowest BCUT2D eigenvalue weighted by atomic mass is 10.0. The number of H-pyrrole nitrogens is 1. The summed E-state index contributed by atoms with van der Waals surface area (Å²) in [5.41, 5.74) is 1.82. The molecule has 2 heterocycles. The highest BCUT2D eigenvalue weighted by atomic mass is 32.2. The Labute approximate surface area is 165 Å². The number of hydrogen-bond donors (Lipinski definition) is 1. The van der Waals surface area contributed by atoms with Gasteiger partial charge in [0.05, 0.1) is 12.3 Å². The summed E-state index contributed by atoms with van der Waals surface area (Å²) in [7, 11) is -3.40. The van der Waals surface area contributed by atoms with Crippen molar-refractivity contribution in [1.82, 2.24) is 18.8 Å². The van der Waals surface area contributed by atoms with E-state index >= 15 is 0 Å². The molecule has 1 aliphatic heterocycles.